The van der Waals surface area contributed by atoms with Crippen LogP contribution >= 0.6 is 0 Å². The second-order valence-corrected chi connectivity index (χ2v) is 4.34. The Morgan fingerprint density at radius 3 is 2.72 bits per heavy atom. The lowest BCUT2D eigenvalue weighted by atomic mass is 10.1. The molecule has 0 aliphatic carbocycles. The zero-order valence-corrected chi connectivity index (χ0v) is 10.8. The topological polar surface area (TPSA) is 53.6 Å². The number of nitrogens with one attached hydrogen (secondary N) is 2. The molecule has 5 nitrogen and oxygen atoms in total. The van der Waals surface area contributed by atoms with Gasteiger partial charge in [-0.3, -0.25) is 10.2 Å². The quantitative estimate of drug-likeness (QED) is 0.839. The van der Waals surface area contributed by atoms with E-state index in [0.29, 0.717) is 18.8 Å². The van der Waals surface area contributed by atoms with Crippen LogP contribution in [0.5, 0.6) is 0 Å². The lowest BCUT2D eigenvalue weighted by Gasteiger charge is -2.27. The van der Waals surface area contributed by atoms with Gasteiger partial charge in [-0.25, -0.2) is 5.01 Å². The number of aryl methyl sites for hydroxylation is 1. The molecule has 0 bridgehead atoms. The predicted molar refractivity (Wildman–Crippen MR) is 70.6 cm³/mol. The second-order valence-electron chi connectivity index (χ2n) is 4.34. The normalized spacial score (nSPS) is 16.3. The average Bonchev–Trinajstić information content (AvgIpc) is 2.40. The third-order valence-electron chi connectivity index (χ3n) is 2.96. The molecule has 0 unspecified atom stereocenters. The van der Waals surface area contributed by atoms with Crippen LogP contribution in [0, 0.1) is 6.92 Å². The van der Waals surface area contributed by atoms with Crippen LogP contribution in [-0.4, -0.2) is 44.3 Å². The lowest BCUT2D eigenvalue weighted by molar-refractivity contribution is 0.0126. The van der Waals surface area contributed by atoms with Crippen LogP contribution in [0.3, 0.4) is 0 Å². The Kier molecular flexibility index (Phi) is 4.17. The number of rotatable bonds is 3. The summed E-state index contributed by atoms with van der Waals surface area (Å²) in [5.41, 5.74) is 5.49. The van der Waals surface area contributed by atoms with E-state index in [9.17, 15) is 4.79 Å². The molecule has 2 N–H and O–H groups in total. The number of carbonyl (C=O) groups excluding carboxylic acids is 1. The van der Waals surface area contributed by atoms with Crippen molar-refractivity contribution < 1.29 is 9.53 Å². The van der Waals surface area contributed by atoms with Crippen molar-refractivity contribution in [3.8, 4) is 0 Å². The molecule has 0 atom stereocenters. The number of benzene rings is 1. The molecular formula is C13H19N3O2. The molecule has 0 saturated carbocycles. The van der Waals surface area contributed by atoms with E-state index in [2.05, 4.69) is 10.7 Å². The molecule has 0 aromatic heterocycles. The van der Waals surface area contributed by atoms with Crippen molar-refractivity contribution in [3.05, 3.63) is 29.3 Å². The summed E-state index contributed by atoms with van der Waals surface area (Å²) in [6.45, 7) is 4.75. The molecule has 1 saturated heterocycles. The highest BCUT2D eigenvalue weighted by Crippen LogP contribution is 2.16. The predicted octanol–water partition coefficient (Wildman–Crippen LogP) is 1.01. The van der Waals surface area contributed by atoms with E-state index in [0.717, 1.165) is 24.3 Å². The Balaban J connectivity index is 2.09. The monoisotopic (exact) mass is 249 g/mol. The molecule has 1 aliphatic heterocycles. The summed E-state index contributed by atoms with van der Waals surface area (Å²) in [6.07, 6.45) is 0. The van der Waals surface area contributed by atoms with Gasteiger partial charge in [0.2, 0.25) is 0 Å². The van der Waals surface area contributed by atoms with Crippen molar-refractivity contribution >= 4 is 11.6 Å². The van der Waals surface area contributed by atoms with Gasteiger partial charge in [-0.1, -0.05) is 11.6 Å². The lowest BCUT2D eigenvalue weighted by Crippen LogP contribution is -2.48. The average molecular weight is 249 g/mol. The van der Waals surface area contributed by atoms with Crippen LogP contribution in [-0.2, 0) is 4.74 Å². The van der Waals surface area contributed by atoms with Gasteiger partial charge < -0.3 is 10.1 Å². The summed E-state index contributed by atoms with van der Waals surface area (Å²) in [7, 11) is 1.82. The molecule has 1 amide bonds. The third-order valence-corrected chi connectivity index (χ3v) is 2.96. The fourth-order valence-corrected chi connectivity index (χ4v) is 1.94. The molecule has 1 heterocycles. The minimum Gasteiger partial charge on any atom is -0.387 e. The van der Waals surface area contributed by atoms with E-state index in [-0.39, 0.29) is 5.91 Å². The third kappa shape index (κ3) is 3.00. The highest BCUT2D eigenvalue weighted by atomic mass is 16.5. The van der Waals surface area contributed by atoms with E-state index in [1.807, 2.05) is 37.2 Å². The smallest absolute Gasteiger partial charge is 0.267 e. The summed E-state index contributed by atoms with van der Waals surface area (Å²) < 4.78 is 5.25. The molecule has 5 heteroatoms. The largest absolute Gasteiger partial charge is 0.387 e. The van der Waals surface area contributed by atoms with Crippen molar-refractivity contribution in [2.75, 3.05) is 38.7 Å². The summed E-state index contributed by atoms with van der Waals surface area (Å²) in [6, 6.07) is 5.79. The van der Waals surface area contributed by atoms with E-state index in [4.69, 9.17) is 4.74 Å². The minimum atomic E-state index is -0.0787. The van der Waals surface area contributed by atoms with Crippen LogP contribution in [0.15, 0.2) is 18.2 Å². The van der Waals surface area contributed by atoms with Gasteiger partial charge in [-0.2, -0.15) is 0 Å². The van der Waals surface area contributed by atoms with Crippen LogP contribution < -0.4 is 10.7 Å². The van der Waals surface area contributed by atoms with Gasteiger partial charge in [0.1, 0.15) is 0 Å². The van der Waals surface area contributed by atoms with Crippen molar-refractivity contribution in [2.24, 2.45) is 0 Å². The molecule has 1 aliphatic rings. The molecule has 0 spiro atoms. The number of hydrogen-bond acceptors (Lipinski definition) is 4. The molecule has 1 aromatic rings. The van der Waals surface area contributed by atoms with Crippen molar-refractivity contribution in [1.29, 1.82) is 0 Å². The van der Waals surface area contributed by atoms with Gasteiger partial charge in [-0.15, -0.1) is 0 Å². The fraction of sp³-hybridized carbons (Fsp3) is 0.462. The van der Waals surface area contributed by atoms with Gasteiger partial charge in [0.05, 0.1) is 18.8 Å². The summed E-state index contributed by atoms with van der Waals surface area (Å²) in [5, 5.41) is 4.93. The molecule has 2 rings (SSSR count). The Morgan fingerprint density at radius 2 is 2.06 bits per heavy atom. The van der Waals surface area contributed by atoms with E-state index >= 15 is 0 Å². The number of amides is 1. The van der Waals surface area contributed by atoms with Crippen LogP contribution in [0.4, 0.5) is 5.69 Å². The number of anilines is 1. The summed E-state index contributed by atoms with van der Waals surface area (Å²) in [4.78, 5) is 12.2. The molecular weight excluding hydrogens is 230 g/mol. The first kappa shape index (κ1) is 12.9. The van der Waals surface area contributed by atoms with E-state index < -0.39 is 0 Å². The van der Waals surface area contributed by atoms with Gasteiger partial charge in [0, 0.05) is 25.8 Å². The van der Waals surface area contributed by atoms with Gasteiger partial charge in [-0.05, 0) is 19.1 Å². The first-order chi connectivity index (χ1) is 8.70. The number of morpholine rings is 1. The van der Waals surface area contributed by atoms with Crippen LogP contribution in [0.25, 0.3) is 0 Å². The van der Waals surface area contributed by atoms with Gasteiger partial charge >= 0.3 is 0 Å². The van der Waals surface area contributed by atoms with E-state index in [1.54, 1.807) is 0 Å². The number of nitrogens with zero attached hydrogens (tertiary/aromatic N) is 1. The first-order valence-corrected chi connectivity index (χ1v) is 6.13. The summed E-state index contributed by atoms with van der Waals surface area (Å²) in [5.74, 6) is -0.0787. The molecule has 1 aromatic carbocycles. The maximum absolute atomic E-state index is 12.2. The Labute approximate surface area is 107 Å². The zero-order chi connectivity index (χ0) is 13.0. The van der Waals surface area contributed by atoms with Gasteiger partial charge in [0.15, 0.2) is 0 Å². The van der Waals surface area contributed by atoms with Crippen molar-refractivity contribution in [2.45, 2.75) is 6.92 Å². The highest BCUT2D eigenvalue weighted by molar-refractivity contribution is 5.99. The highest BCUT2D eigenvalue weighted by Gasteiger charge is 2.16. The van der Waals surface area contributed by atoms with Crippen LogP contribution in [0.1, 0.15) is 15.9 Å². The van der Waals surface area contributed by atoms with Gasteiger partial charge in [0.25, 0.3) is 5.91 Å². The zero-order valence-electron chi connectivity index (χ0n) is 10.8. The second kappa shape index (κ2) is 5.84. The number of ether oxygens (including phenoxy) is 1. The van der Waals surface area contributed by atoms with Crippen molar-refractivity contribution in [1.82, 2.24) is 10.4 Å². The Hall–Kier alpha value is -1.59. The minimum absolute atomic E-state index is 0.0787. The number of hydrazine groups is 1. The van der Waals surface area contributed by atoms with E-state index in [1.165, 1.54) is 0 Å². The molecule has 0 radical (unpaired) electrons. The molecule has 18 heavy (non-hydrogen) atoms. The maximum Gasteiger partial charge on any atom is 0.267 e. The fourth-order valence-electron chi connectivity index (χ4n) is 1.94. The maximum atomic E-state index is 12.2. The summed E-state index contributed by atoms with van der Waals surface area (Å²) >= 11 is 0. The molecule has 1 fully saturated rings. The number of hydrogen-bond donors (Lipinski definition) is 2. The van der Waals surface area contributed by atoms with Crippen LogP contribution in [0.2, 0.25) is 0 Å². The standard InChI is InChI=1S/C13H19N3O2/c1-10-3-4-12(14-2)11(9-10)13(17)15-16-5-7-18-8-6-16/h3-4,9,14H,5-8H2,1-2H3,(H,15,17). The number of carbonyl (C=O) groups is 1. The Morgan fingerprint density at radius 1 is 1.33 bits per heavy atom. The van der Waals surface area contributed by atoms with Crippen molar-refractivity contribution in [3.63, 3.8) is 0 Å². The molecule has 98 valence electrons. The first-order valence-electron chi connectivity index (χ1n) is 6.13. The SMILES string of the molecule is CNc1ccc(C)cc1C(=O)NN1CCOCC1. The Bertz CT molecular complexity index is 428.